The van der Waals surface area contributed by atoms with Crippen molar-refractivity contribution >= 4 is 15.7 Å². The Hall–Kier alpha value is -0.620. The smallest absolute Gasteiger partial charge is 0.239 e. The van der Waals surface area contributed by atoms with E-state index < -0.39 is 9.84 Å². The molecule has 2 aliphatic heterocycles. The van der Waals surface area contributed by atoms with Gasteiger partial charge in [-0.15, -0.1) is 0 Å². The standard InChI is InChI=1S/C13H24N2O3S/c1-10(2)14-12-6-3-7-15(13(12)16)11-5-4-8-19(17,18)9-11/h10-12,14H,3-9H2,1-2H3. The number of piperidine rings is 1. The minimum absolute atomic E-state index is 0.0852. The largest absolute Gasteiger partial charge is 0.337 e. The van der Waals surface area contributed by atoms with Crippen LogP contribution in [0.3, 0.4) is 0 Å². The number of nitrogens with one attached hydrogen (secondary N) is 1. The van der Waals surface area contributed by atoms with Gasteiger partial charge in [0.05, 0.1) is 17.5 Å². The molecule has 0 bridgehead atoms. The maximum absolute atomic E-state index is 12.4. The molecule has 2 rings (SSSR count). The predicted octanol–water partition coefficient (Wildman–Crippen LogP) is 0.553. The molecule has 1 amide bonds. The predicted molar refractivity (Wildman–Crippen MR) is 74.7 cm³/mol. The van der Waals surface area contributed by atoms with Gasteiger partial charge in [-0.3, -0.25) is 4.79 Å². The molecule has 0 aromatic carbocycles. The van der Waals surface area contributed by atoms with Crippen molar-refractivity contribution in [3.05, 3.63) is 0 Å². The van der Waals surface area contributed by atoms with E-state index >= 15 is 0 Å². The molecule has 0 saturated carbocycles. The first-order chi connectivity index (χ1) is 8.89. The number of nitrogens with zero attached hydrogens (tertiary/aromatic N) is 1. The van der Waals surface area contributed by atoms with Crippen LogP contribution < -0.4 is 5.32 Å². The molecule has 2 heterocycles. The zero-order valence-electron chi connectivity index (χ0n) is 11.8. The summed E-state index contributed by atoms with van der Waals surface area (Å²) in [6, 6.07) is 0.0189. The number of likely N-dealkylation sites (tertiary alicyclic amines) is 1. The van der Waals surface area contributed by atoms with Crippen molar-refractivity contribution in [2.45, 2.75) is 57.7 Å². The van der Waals surface area contributed by atoms with Crippen molar-refractivity contribution in [3.63, 3.8) is 0 Å². The number of hydrogen-bond acceptors (Lipinski definition) is 4. The summed E-state index contributed by atoms with van der Waals surface area (Å²) in [4.78, 5) is 14.2. The highest BCUT2D eigenvalue weighted by atomic mass is 32.2. The fourth-order valence-corrected chi connectivity index (χ4v) is 4.77. The Balaban J connectivity index is 2.05. The van der Waals surface area contributed by atoms with Crippen LogP contribution in [0.2, 0.25) is 0 Å². The molecule has 0 aliphatic carbocycles. The zero-order chi connectivity index (χ0) is 14.0. The number of hydrogen-bond donors (Lipinski definition) is 1. The Morgan fingerprint density at radius 3 is 2.63 bits per heavy atom. The highest BCUT2D eigenvalue weighted by Crippen LogP contribution is 2.22. The molecule has 2 fully saturated rings. The number of sulfone groups is 1. The van der Waals surface area contributed by atoms with E-state index in [9.17, 15) is 13.2 Å². The summed E-state index contributed by atoms with van der Waals surface area (Å²) in [7, 11) is -2.96. The van der Waals surface area contributed by atoms with Gasteiger partial charge in [0.15, 0.2) is 9.84 Å². The van der Waals surface area contributed by atoms with Gasteiger partial charge >= 0.3 is 0 Å². The minimum Gasteiger partial charge on any atom is -0.337 e. The van der Waals surface area contributed by atoms with Crippen LogP contribution in [0.15, 0.2) is 0 Å². The SMILES string of the molecule is CC(C)NC1CCCN(C2CCCS(=O)(=O)C2)C1=O. The average molecular weight is 288 g/mol. The van der Waals surface area contributed by atoms with Crippen LogP contribution in [-0.4, -0.2) is 55.4 Å². The van der Waals surface area contributed by atoms with E-state index in [1.54, 1.807) is 4.90 Å². The Kier molecular flexibility index (Phi) is 4.50. The number of amides is 1. The van der Waals surface area contributed by atoms with Gasteiger partial charge in [-0.2, -0.15) is 0 Å². The van der Waals surface area contributed by atoms with Crippen LogP contribution in [0.25, 0.3) is 0 Å². The van der Waals surface area contributed by atoms with Crippen molar-refractivity contribution in [2.24, 2.45) is 0 Å². The number of carbonyl (C=O) groups is 1. The van der Waals surface area contributed by atoms with E-state index in [-0.39, 0.29) is 35.5 Å². The molecule has 6 heteroatoms. The van der Waals surface area contributed by atoms with Crippen LogP contribution in [0.1, 0.15) is 39.5 Å². The van der Waals surface area contributed by atoms with Gasteiger partial charge in [0.25, 0.3) is 0 Å². The van der Waals surface area contributed by atoms with Gasteiger partial charge in [-0.05, 0) is 25.7 Å². The molecule has 2 atom stereocenters. The molecule has 0 aromatic rings. The lowest BCUT2D eigenvalue weighted by molar-refractivity contribution is -0.138. The lowest BCUT2D eigenvalue weighted by Crippen LogP contribution is -2.57. The Bertz CT molecular complexity index is 433. The monoisotopic (exact) mass is 288 g/mol. The molecule has 1 N–H and O–H groups in total. The number of rotatable bonds is 3. The minimum atomic E-state index is -2.96. The Morgan fingerprint density at radius 1 is 1.26 bits per heavy atom. The summed E-state index contributed by atoms with van der Waals surface area (Å²) in [5.41, 5.74) is 0. The van der Waals surface area contributed by atoms with Gasteiger partial charge in [0.2, 0.25) is 5.91 Å². The second kappa shape index (κ2) is 5.79. The normalized spacial score (nSPS) is 31.7. The molecular formula is C13H24N2O3S. The second-order valence-corrected chi connectivity index (χ2v) is 8.19. The second-order valence-electron chi connectivity index (χ2n) is 5.96. The third-order valence-electron chi connectivity index (χ3n) is 3.89. The summed E-state index contributed by atoms with van der Waals surface area (Å²) in [5, 5.41) is 3.28. The molecule has 5 nitrogen and oxygen atoms in total. The van der Waals surface area contributed by atoms with Crippen LogP contribution in [0, 0.1) is 0 Å². The van der Waals surface area contributed by atoms with Crippen LogP contribution in [-0.2, 0) is 14.6 Å². The molecule has 19 heavy (non-hydrogen) atoms. The van der Waals surface area contributed by atoms with Gasteiger partial charge in [-0.25, -0.2) is 8.42 Å². The lowest BCUT2D eigenvalue weighted by Gasteiger charge is -2.40. The van der Waals surface area contributed by atoms with Crippen molar-refractivity contribution < 1.29 is 13.2 Å². The van der Waals surface area contributed by atoms with Crippen LogP contribution in [0.5, 0.6) is 0 Å². The fraction of sp³-hybridized carbons (Fsp3) is 0.923. The summed E-state index contributed by atoms with van der Waals surface area (Å²) in [5.74, 6) is 0.508. The van der Waals surface area contributed by atoms with Gasteiger partial charge in [-0.1, -0.05) is 13.8 Å². The fourth-order valence-electron chi connectivity index (χ4n) is 3.06. The van der Waals surface area contributed by atoms with Crippen LogP contribution in [0.4, 0.5) is 0 Å². The lowest BCUT2D eigenvalue weighted by atomic mass is 10.0. The summed E-state index contributed by atoms with van der Waals surface area (Å²) < 4.78 is 23.4. The quantitative estimate of drug-likeness (QED) is 0.824. The van der Waals surface area contributed by atoms with E-state index in [0.717, 1.165) is 19.3 Å². The third kappa shape index (κ3) is 3.69. The first kappa shape index (κ1) is 14.8. The van der Waals surface area contributed by atoms with Crippen molar-refractivity contribution in [1.82, 2.24) is 10.2 Å². The van der Waals surface area contributed by atoms with E-state index in [2.05, 4.69) is 5.32 Å². The zero-order valence-corrected chi connectivity index (χ0v) is 12.6. The van der Waals surface area contributed by atoms with Gasteiger partial charge in [0.1, 0.15) is 0 Å². The third-order valence-corrected chi connectivity index (χ3v) is 5.69. The molecule has 2 aliphatic rings. The highest BCUT2D eigenvalue weighted by molar-refractivity contribution is 7.91. The first-order valence-corrected chi connectivity index (χ1v) is 8.98. The summed E-state index contributed by atoms with van der Waals surface area (Å²) >= 11 is 0. The van der Waals surface area contributed by atoms with Gasteiger partial charge in [0, 0.05) is 18.6 Å². The number of carbonyl (C=O) groups excluding carboxylic acids is 1. The van der Waals surface area contributed by atoms with E-state index in [1.165, 1.54) is 0 Å². The molecular weight excluding hydrogens is 264 g/mol. The van der Waals surface area contributed by atoms with Crippen LogP contribution >= 0.6 is 0 Å². The summed E-state index contributed by atoms with van der Waals surface area (Å²) in [6.07, 6.45) is 3.30. The Morgan fingerprint density at radius 2 is 2.00 bits per heavy atom. The molecule has 2 unspecified atom stereocenters. The molecule has 2 saturated heterocycles. The first-order valence-electron chi connectivity index (χ1n) is 7.16. The molecule has 0 spiro atoms. The maximum Gasteiger partial charge on any atom is 0.239 e. The Labute approximate surface area is 115 Å². The van der Waals surface area contributed by atoms with E-state index in [1.807, 2.05) is 13.8 Å². The average Bonchev–Trinajstić information content (AvgIpc) is 2.30. The van der Waals surface area contributed by atoms with Crippen molar-refractivity contribution in [3.8, 4) is 0 Å². The van der Waals surface area contributed by atoms with Gasteiger partial charge < -0.3 is 10.2 Å². The van der Waals surface area contributed by atoms with Crippen molar-refractivity contribution in [2.75, 3.05) is 18.1 Å². The molecule has 0 aromatic heterocycles. The van der Waals surface area contributed by atoms with E-state index in [4.69, 9.17) is 0 Å². The maximum atomic E-state index is 12.4. The van der Waals surface area contributed by atoms with Crippen molar-refractivity contribution in [1.29, 1.82) is 0 Å². The molecule has 0 radical (unpaired) electrons. The summed E-state index contributed by atoms with van der Waals surface area (Å²) in [6.45, 7) is 4.75. The highest BCUT2D eigenvalue weighted by Gasteiger charge is 2.36. The van der Waals surface area contributed by atoms with E-state index in [0.29, 0.717) is 13.0 Å². The topological polar surface area (TPSA) is 66.5 Å². The molecule has 110 valence electrons.